The van der Waals surface area contributed by atoms with Gasteiger partial charge < -0.3 is 5.11 Å². The summed E-state index contributed by atoms with van der Waals surface area (Å²) in [5.74, 6) is 0.166. The van der Waals surface area contributed by atoms with Crippen LogP contribution in [0.2, 0.25) is 0 Å². The van der Waals surface area contributed by atoms with Gasteiger partial charge in [-0.25, -0.2) is 0 Å². The number of Topliss-reactive ketones (excluding diaryl/α,β-unsaturated/α-hetero) is 1. The molecule has 3 aromatic rings. The van der Waals surface area contributed by atoms with E-state index in [1.165, 1.54) is 16.9 Å². The number of carbonyl (C=O) groups excluding carboxylic acids is 1. The Balaban J connectivity index is 1.73. The average molecular weight is 378 g/mol. The third-order valence-electron chi connectivity index (χ3n) is 4.37. The van der Waals surface area contributed by atoms with E-state index in [0.29, 0.717) is 11.1 Å². The number of nitrogens with zero attached hydrogens (tertiary/aromatic N) is 1. The van der Waals surface area contributed by atoms with E-state index in [2.05, 4.69) is 37.9 Å². The van der Waals surface area contributed by atoms with Gasteiger partial charge in [0.05, 0.1) is 4.88 Å². The number of aliphatic imine (C=N–C) groups is 1. The zero-order chi connectivity index (χ0) is 19.4. The van der Waals surface area contributed by atoms with Crippen molar-refractivity contribution in [1.29, 1.82) is 0 Å². The second-order valence-electron chi connectivity index (χ2n) is 7.46. The minimum Gasteiger partial charge on any atom is -0.506 e. The molecular weight excluding hydrogens is 354 g/mol. The second kappa shape index (κ2) is 7.89. The van der Waals surface area contributed by atoms with E-state index >= 15 is 0 Å². The van der Waals surface area contributed by atoms with Crippen molar-refractivity contribution in [3.05, 3.63) is 76.7 Å². The molecule has 0 aliphatic heterocycles. The SMILES string of the molecule is CC(C)(C)c1ccc(-c2scc(C=NCC(=O)c3ccccc3)c2O)cc1. The molecule has 0 spiro atoms. The molecule has 2 aromatic carbocycles. The standard InChI is InChI=1S/C23H23NO2S/c1-23(2,3)19-11-9-17(10-12-19)22-21(26)18(15-27-22)13-24-14-20(25)16-7-5-4-6-8-16/h4-13,15,26H,14H2,1-3H3. The van der Waals surface area contributed by atoms with Crippen LogP contribution in [0, 0.1) is 0 Å². The van der Waals surface area contributed by atoms with Crippen LogP contribution in [-0.4, -0.2) is 23.6 Å². The Hall–Kier alpha value is -2.72. The molecule has 0 bridgehead atoms. The maximum atomic E-state index is 12.1. The minimum absolute atomic E-state index is 0.0421. The molecular formula is C23H23NO2S. The van der Waals surface area contributed by atoms with E-state index in [-0.39, 0.29) is 23.5 Å². The summed E-state index contributed by atoms with van der Waals surface area (Å²) in [6.45, 7) is 6.59. The molecule has 27 heavy (non-hydrogen) atoms. The molecule has 4 heteroatoms. The number of hydrogen-bond acceptors (Lipinski definition) is 4. The van der Waals surface area contributed by atoms with Gasteiger partial charge in [-0.05, 0) is 16.5 Å². The summed E-state index contributed by atoms with van der Waals surface area (Å²) in [7, 11) is 0. The summed E-state index contributed by atoms with van der Waals surface area (Å²) >= 11 is 1.47. The first-order valence-corrected chi connectivity index (χ1v) is 9.73. The van der Waals surface area contributed by atoms with Gasteiger partial charge in [0.2, 0.25) is 0 Å². The van der Waals surface area contributed by atoms with Gasteiger partial charge in [-0.1, -0.05) is 75.4 Å². The molecule has 0 aliphatic carbocycles. The minimum atomic E-state index is -0.0421. The number of benzene rings is 2. The highest BCUT2D eigenvalue weighted by molar-refractivity contribution is 7.14. The smallest absolute Gasteiger partial charge is 0.184 e. The van der Waals surface area contributed by atoms with Gasteiger partial charge in [0.15, 0.2) is 5.78 Å². The van der Waals surface area contributed by atoms with Crippen LogP contribution in [0.4, 0.5) is 0 Å². The van der Waals surface area contributed by atoms with Gasteiger partial charge in [-0.15, -0.1) is 11.3 Å². The summed E-state index contributed by atoms with van der Waals surface area (Å²) in [6.07, 6.45) is 1.57. The van der Waals surface area contributed by atoms with Crippen LogP contribution in [0.3, 0.4) is 0 Å². The lowest BCUT2D eigenvalue weighted by Crippen LogP contribution is -2.10. The predicted molar refractivity (Wildman–Crippen MR) is 113 cm³/mol. The van der Waals surface area contributed by atoms with Crippen LogP contribution < -0.4 is 0 Å². The largest absolute Gasteiger partial charge is 0.506 e. The lowest BCUT2D eigenvalue weighted by atomic mass is 9.86. The molecule has 0 radical (unpaired) electrons. The van der Waals surface area contributed by atoms with Crippen LogP contribution in [0.25, 0.3) is 10.4 Å². The Bertz CT molecular complexity index is 948. The number of carbonyl (C=O) groups is 1. The van der Waals surface area contributed by atoms with Gasteiger partial charge in [-0.2, -0.15) is 0 Å². The fourth-order valence-corrected chi connectivity index (χ4v) is 3.64. The first-order chi connectivity index (χ1) is 12.9. The Morgan fingerprint density at radius 2 is 1.74 bits per heavy atom. The van der Waals surface area contributed by atoms with Crippen molar-refractivity contribution in [3.8, 4) is 16.2 Å². The third kappa shape index (κ3) is 4.52. The van der Waals surface area contributed by atoms with Crippen molar-refractivity contribution in [2.75, 3.05) is 6.54 Å². The van der Waals surface area contributed by atoms with Gasteiger partial charge in [-0.3, -0.25) is 9.79 Å². The van der Waals surface area contributed by atoms with Gasteiger partial charge >= 0.3 is 0 Å². The zero-order valence-electron chi connectivity index (χ0n) is 15.8. The number of thiophene rings is 1. The summed E-state index contributed by atoms with van der Waals surface area (Å²) < 4.78 is 0. The molecule has 3 nitrogen and oxygen atoms in total. The van der Waals surface area contributed by atoms with Crippen LogP contribution >= 0.6 is 11.3 Å². The van der Waals surface area contributed by atoms with Crippen molar-refractivity contribution < 1.29 is 9.90 Å². The lowest BCUT2D eigenvalue weighted by Gasteiger charge is -2.19. The van der Waals surface area contributed by atoms with Crippen LogP contribution in [0.5, 0.6) is 5.75 Å². The van der Waals surface area contributed by atoms with Crippen LogP contribution in [0.15, 0.2) is 65.0 Å². The topological polar surface area (TPSA) is 49.7 Å². The summed E-state index contributed by atoms with van der Waals surface area (Å²) in [6, 6.07) is 17.4. The second-order valence-corrected chi connectivity index (χ2v) is 8.33. The highest BCUT2D eigenvalue weighted by Crippen LogP contribution is 2.38. The van der Waals surface area contributed by atoms with E-state index in [4.69, 9.17) is 0 Å². The predicted octanol–water partition coefficient (Wildman–Crippen LogP) is 5.72. The first kappa shape index (κ1) is 19.1. The highest BCUT2D eigenvalue weighted by atomic mass is 32.1. The van der Waals surface area contributed by atoms with Crippen molar-refractivity contribution in [2.45, 2.75) is 26.2 Å². The molecule has 0 unspecified atom stereocenters. The number of ketones is 1. The van der Waals surface area contributed by atoms with Crippen molar-refractivity contribution in [3.63, 3.8) is 0 Å². The Labute approximate surface area is 164 Å². The average Bonchev–Trinajstić information content (AvgIpc) is 3.02. The first-order valence-electron chi connectivity index (χ1n) is 8.85. The van der Waals surface area contributed by atoms with Gasteiger partial charge in [0.25, 0.3) is 0 Å². The van der Waals surface area contributed by atoms with Crippen LogP contribution in [0.1, 0.15) is 42.3 Å². The maximum Gasteiger partial charge on any atom is 0.184 e. The summed E-state index contributed by atoms with van der Waals surface area (Å²) in [5, 5.41) is 12.4. The maximum absolute atomic E-state index is 12.1. The molecule has 0 fully saturated rings. The fourth-order valence-electron chi connectivity index (χ4n) is 2.73. The number of rotatable bonds is 5. The normalized spacial score (nSPS) is 11.8. The number of hydrogen-bond donors (Lipinski definition) is 1. The Morgan fingerprint density at radius 3 is 2.37 bits per heavy atom. The highest BCUT2D eigenvalue weighted by Gasteiger charge is 2.15. The fraction of sp³-hybridized carbons (Fsp3) is 0.217. The molecule has 3 rings (SSSR count). The van der Waals surface area contributed by atoms with E-state index in [1.54, 1.807) is 18.3 Å². The summed E-state index contributed by atoms with van der Waals surface area (Å²) in [5.41, 5.74) is 3.60. The van der Waals surface area contributed by atoms with Crippen LogP contribution in [-0.2, 0) is 5.41 Å². The number of aromatic hydroxyl groups is 1. The molecule has 1 N–H and O–H groups in total. The van der Waals surface area contributed by atoms with Gasteiger partial charge in [0.1, 0.15) is 12.3 Å². The van der Waals surface area contributed by atoms with Crippen molar-refractivity contribution >= 4 is 23.3 Å². The molecule has 0 amide bonds. The molecule has 0 saturated carbocycles. The molecule has 0 atom stereocenters. The van der Waals surface area contributed by atoms with Gasteiger partial charge in [0, 0.05) is 22.7 Å². The van der Waals surface area contributed by atoms with E-state index in [1.807, 2.05) is 35.7 Å². The van der Waals surface area contributed by atoms with Crippen molar-refractivity contribution in [2.24, 2.45) is 4.99 Å². The lowest BCUT2D eigenvalue weighted by molar-refractivity contribution is 0.100. The zero-order valence-corrected chi connectivity index (χ0v) is 16.6. The van der Waals surface area contributed by atoms with E-state index in [9.17, 15) is 9.90 Å². The summed E-state index contributed by atoms with van der Waals surface area (Å²) in [4.78, 5) is 17.1. The quantitative estimate of drug-likeness (QED) is 0.457. The molecule has 1 heterocycles. The Morgan fingerprint density at radius 1 is 1.07 bits per heavy atom. The third-order valence-corrected chi connectivity index (χ3v) is 5.40. The monoisotopic (exact) mass is 377 g/mol. The molecule has 0 aliphatic rings. The van der Waals surface area contributed by atoms with Crippen molar-refractivity contribution in [1.82, 2.24) is 0 Å². The molecule has 138 valence electrons. The molecule has 0 saturated heterocycles. The Kier molecular flexibility index (Phi) is 5.57. The molecule has 1 aromatic heterocycles. The van der Waals surface area contributed by atoms with E-state index in [0.717, 1.165) is 10.4 Å². The van der Waals surface area contributed by atoms with E-state index < -0.39 is 0 Å².